The van der Waals surface area contributed by atoms with Gasteiger partial charge in [0.15, 0.2) is 0 Å². The summed E-state index contributed by atoms with van der Waals surface area (Å²) in [4.78, 5) is 2.38. The van der Waals surface area contributed by atoms with Gasteiger partial charge in [-0.25, -0.2) is 0 Å². The van der Waals surface area contributed by atoms with E-state index in [1.54, 1.807) is 0 Å². The molecule has 108 valence electrons. The molecule has 1 saturated heterocycles. The molecular formula is C14H30N2O2. The van der Waals surface area contributed by atoms with Crippen LogP contribution in [0.1, 0.15) is 39.0 Å². The van der Waals surface area contributed by atoms with E-state index in [9.17, 15) is 5.11 Å². The summed E-state index contributed by atoms with van der Waals surface area (Å²) in [5, 5.41) is 10.1. The maximum atomic E-state index is 10.1. The minimum Gasteiger partial charge on any atom is -0.389 e. The molecule has 1 heterocycles. The average molecular weight is 258 g/mol. The molecule has 0 saturated carbocycles. The highest BCUT2D eigenvalue weighted by atomic mass is 16.5. The highest BCUT2D eigenvalue weighted by molar-refractivity contribution is 4.78. The molecule has 1 aliphatic rings. The molecule has 4 nitrogen and oxygen atoms in total. The van der Waals surface area contributed by atoms with Crippen molar-refractivity contribution in [3.8, 4) is 0 Å². The van der Waals surface area contributed by atoms with Crippen molar-refractivity contribution in [1.82, 2.24) is 4.90 Å². The number of hydrogen-bond acceptors (Lipinski definition) is 4. The van der Waals surface area contributed by atoms with Gasteiger partial charge in [0.1, 0.15) is 0 Å². The molecule has 1 fully saturated rings. The monoisotopic (exact) mass is 258 g/mol. The Morgan fingerprint density at radius 3 is 2.61 bits per heavy atom. The molecule has 0 aromatic rings. The van der Waals surface area contributed by atoms with E-state index in [4.69, 9.17) is 10.5 Å². The van der Waals surface area contributed by atoms with Crippen molar-refractivity contribution in [1.29, 1.82) is 0 Å². The zero-order valence-corrected chi connectivity index (χ0v) is 12.0. The summed E-state index contributed by atoms with van der Waals surface area (Å²) in [6.07, 6.45) is 4.94. The molecule has 1 rings (SSSR count). The second-order valence-electron chi connectivity index (χ2n) is 5.70. The fourth-order valence-corrected chi connectivity index (χ4v) is 2.56. The minimum atomic E-state index is -0.653. The predicted molar refractivity (Wildman–Crippen MR) is 74.6 cm³/mol. The van der Waals surface area contributed by atoms with Crippen LogP contribution in [0.15, 0.2) is 0 Å². The van der Waals surface area contributed by atoms with Crippen molar-refractivity contribution < 1.29 is 9.84 Å². The first kappa shape index (κ1) is 15.9. The minimum absolute atomic E-state index is 0.368. The number of ether oxygens (including phenoxy) is 1. The van der Waals surface area contributed by atoms with Crippen LogP contribution in [0.25, 0.3) is 0 Å². The number of hydrogen-bond donors (Lipinski definition) is 2. The summed E-state index contributed by atoms with van der Waals surface area (Å²) >= 11 is 0. The van der Waals surface area contributed by atoms with Crippen molar-refractivity contribution in [2.45, 2.75) is 44.6 Å². The quantitative estimate of drug-likeness (QED) is 0.687. The Hall–Kier alpha value is -0.160. The SMILES string of the molecule is CCC(O)(CN)CCCN(C)CC1CCOCC1. The van der Waals surface area contributed by atoms with Gasteiger partial charge >= 0.3 is 0 Å². The average Bonchev–Trinajstić information content (AvgIpc) is 2.39. The van der Waals surface area contributed by atoms with Crippen LogP contribution >= 0.6 is 0 Å². The van der Waals surface area contributed by atoms with Crippen molar-refractivity contribution in [3.05, 3.63) is 0 Å². The topological polar surface area (TPSA) is 58.7 Å². The van der Waals surface area contributed by atoms with Crippen LogP contribution in [-0.4, -0.2) is 55.5 Å². The number of nitrogens with two attached hydrogens (primary N) is 1. The highest BCUT2D eigenvalue weighted by Gasteiger charge is 2.22. The third-order valence-electron chi connectivity index (χ3n) is 4.13. The van der Waals surface area contributed by atoms with Gasteiger partial charge in [-0.3, -0.25) is 0 Å². The molecule has 0 radical (unpaired) electrons. The van der Waals surface area contributed by atoms with Crippen LogP contribution < -0.4 is 5.73 Å². The Morgan fingerprint density at radius 1 is 1.39 bits per heavy atom. The first-order valence-electron chi connectivity index (χ1n) is 7.28. The zero-order chi connectivity index (χ0) is 13.4. The Bertz CT molecular complexity index is 214. The molecule has 1 unspecified atom stereocenters. The fraction of sp³-hybridized carbons (Fsp3) is 1.00. The number of aliphatic hydroxyl groups is 1. The second kappa shape index (κ2) is 8.10. The molecule has 0 bridgehead atoms. The third kappa shape index (κ3) is 5.65. The lowest BCUT2D eigenvalue weighted by Gasteiger charge is -2.29. The maximum Gasteiger partial charge on any atom is 0.0767 e. The smallest absolute Gasteiger partial charge is 0.0767 e. The Labute approximate surface area is 111 Å². The van der Waals surface area contributed by atoms with Crippen LogP contribution in [0.4, 0.5) is 0 Å². The van der Waals surface area contributed by atoms with E-state index in [0.29, 0.717) is 6.54 Å². The first-order chi connectivity index (χ1) is 8.59. The van der Waals surface area contributed by atoms with E-state index >= 15 is 0 Å². The van der Waals surface area contributed by atoms with Crippen LogP contribution in [0.2, 0.25) is 0 Å². The standard InChI is InChI=1S/C14H30N2O2/c1-3-14(17,12-15)7-4-8-16(2)11-13-5-9-18-10-6-13/h13,17H,3-12,15H2,1-2H3. The first-order valence-corrected chi connectivity index (χ1v) is 7.28. The van der Waals surface area contributed by atoms with Gasteiger partial charge in [0.25, 0.3) is 0 Å². The predicted octanol–water partition coefficient (Wildman–Crippen LogP) is 1.22. The lowest BCUT2D eigenvalue weighted by Crippen LogP contribution is -2.38. The van der Waals surface area contributed by atoms with Gasteiger partial charge < -0.3 is 20.5 Å². The van der Waals surface area contributed by atoms with Crippen LogP contribution in [0.5, 0.6) is 0 Å². The summed E-state index contributed by atoms with van der Waals surface area (Å²) in [5.41, 5.74) is 4.95. The van der Waals surface area contributed by atoms with Gasteiger partial charge in [0.05, 0.1) is 5.60 Å². The van der Waals surface area contributed by atoms with Crippen LogP contribution in [0, 0.1) is 5.92 Å². The van der Waals surface area contributed by atoms with E-state index in [0.717, 1.165) is 51.5 Å². The largest absolute Gasteiger partial charge is 0.389 e. The lowest BCUT2D eigenvalue weighted by molar-refractivity contribution is 0.0299. The highest BCUT2D eigenvalue weighted by Crippen LogP contribution is 2.18. The Kier molecular flexibility index (Phi) is 7.15. The summed E-state index contributed by atoms with van der Waals surface area (Å²) in [6.45, 7) is 6.39. The molecule has 0 aromatic carbocycles. The summed E-state index contributed by atoms with van der Waals surface area (Å²) in [5.74, 6) is 0.781. The molecule has 0 amide bonds. The molecule has 0 spiro atoms. The second-order valence-corrected chi connectivity index (χ2v) is 5.70. The maximum absolute atomic E-state index is 10.1. The molecule has 0 aliphatic carbocycles. The van der Waals surface area contributed by atoms with Crippen molar-refractivity contribution >= 4 is 0 Å². The van der Waals surface area contributed by atoms with E-state index in [2.05, 4.69) is 11.9 Å². The zero-order valence-electron chi connectivity index (χ0n) is 12.0. The summed E-state index contributed by atoms with van der Waals surface area (Å²) in [6, 6.07) is 0. The molecule has 18 heavy (non-hydrogen) atoms. The number of rotatable bonds is 8. The van der Waals surface area contributed by atoms with Gasteiger partial charge in [0, 0.05) is 26.3 Å². The lowest BCUT2D eigenvalue weighted by atomic mass is 9.94. The van der Waals surface area contributed by atoms with Crippen LogP contribution in [-0.2, 0) is 4.74 Å². The molecule has 1 atom stereocenters. The molecular weight excluding hydrogens is 228 g/mol. The Balaban J connectivity index is 2.14. The van der Waals surface area contributed by atoms with Crippen LogP contribution in [0.3, 0.4) is 0 Å². The van der Waals surface area contributed by atoms with E-state index in [1.807, 2.05) is 6.92 Å². The van der Waals surface area contributed by atoms with Crippen molar-refractivity contribution in [2.24, 2.45) is 11.7 Å². The summed E-state index contributed by atoms with van der Waals surface area (Å²) < 4.78 is 5.37. The molecule has 3 N–H and O–H groups in total. The van der Waals surface area contributed by atoms with Crippen molar-refractivity contribution in [3.63, 3.8) is 0 Å². The molecule has 1 aliphatic heterocycles. The number of nitrogens with zero attached hydrogens (tertiary/aromatic N) is 1. The Morgan fingerprint density at radius 2 is 2.06 bits per heavy atom. The van der Waals surface area contributed by atoms with Gasteiger partial charge in [-0.2, -0.15) is 0 Å². The van der Waals surface area contributed by atoms with Gasteiger partial charge in [-0.15, -0.1) is 0 Å². The fourth-order valence-electron chi connectivity index (χ4n) is 2.56. The van der Waals surface area contributed by atoms with Crippen molar-refractivity contribution in [2.75, 3.05) is 39.9 Å². The third-order valence-corrected chi connectivity index (χ3v) is 4.13. The van der Waals surface area contributed by atoms with E-state index < -0.39 is 5.60 Å². The molecule has 0 aromatic heterocycles. The van der Waals surface area contributed by atoms with Gasteiger partial charge in [-0.1, -0.05) is 6.92 Å². The van der Waals surface area contributed by atoms with Gasteiger partial charge in [0.2, 0.25) is 0 Å². The normalized spacial score (nSPS) is 21.2. The van der Waals surface area contributed by atoms with E-state index in [-0.39, 0.29) is 0 Å². The molecule has 4 heteroatoms. The summed E-state index contributed by atoms with van der Waals surface area (Å²) in [7, 11) is 2.17. The van der Waals surface area contributed by atoms with Gasteiger partial charge in [-0.05, 0) is 51.6 Å². The van der Waals surface area contributed by atoms with E-state index in [1.165, 1.54) is 12.8 Å².